The summed E-state index contributed by atoms with van der Waals surface area (Å²) < 4.78 is 31.9. The molecule has 112 valence electrons. The summed E-state index contributed by atoms with van der Waals surface area (Å²) in [5, 5.41) is 0. The first-order chi connectivity index (χ1) is 9.53. The van der Waals surface area contributed by atoms with Gasteiger partial charge in [0.15, 0.2) is 0 Å². The molecule has 7 heteroatoms. The molecule has 1 aromatic heterocycles. The molecule has 20 heavy (non-hydrogen) atoms. The summed E-state index contributed by atoms with van der Waals surface area (Å²) in [6.45, 7) is 2.59. The third kappa shape index (κ3) is 3.91. The number of rotatable bonds is 5. The number of alkyl halides is 1. The van der Waals surface area contributed by atoms with E-state index >= 15 is 0 Å². The Kier molecular flexibility index (Phi) is 5.37. The van der Waals surface area contributed by atoms with Crippen LogP contribution in [0, 0.1) is 0 Å². The highest BCUT2D eigenvalue weighted by Gasteiger charge is 2.33. The first kappa shape index (κ1) is 15.7. The minimum absolute atomic E-state index is 0.0936. The molecule has 1 saturated heterocycles. The van der Waals surface area contributed by atoms with Gasteiger partial charge in [-0.25, -0.2) is 8.42 Å². The van der Waals surface area contributed by atoms with E-state index in [2.05, 4.69) is 4.98 Å². The Morgan fingerprint density at radius 3 is 2.80 bits per heavy atom. The second-order valence-corrected chi connectivity index (χ2v) is 7.30. The Morgan fingerprint density at radius 2 is 2.15 bits per heavy atom. The van der Waals surface area contributed by atoms with E-state index in [1.54, 1.807) is 12.4 Å². The number of morpholine rings is 1. The number of halogens is 1. The van der Waals surface area contributed by atoms with Crippen molar-refractivity contribution in [2.45, 2.75) is 25.5 Å². The zero-order valence-corrected chi connectivity index (χ0v) is 13.0. The number of hydrogen-bond acceptors (Lipinski definition) is 4. The molecule has 1 aliphatic heterocycles. The predicted octanol–water partition coefficient (Wildman–Crippen LogP) is 1.28. The van der Waals surface area contributed by atoms with Crippen LogP contribution in [-0.2, 0) is 21.2 Å². The van der Waals surface area contributed by atoms with Gasteiger partial charge in [0, 0.05) is 30.9 Å². The number of sulfonamides is 1. The van der Waals surface area contributed by atoms with Crippen molar-refractivity contribution in [1.82, 2.24) is 9.29 Å². The van der Waals surface area contributed by atoms with E-state index in [4.69, 9.17) is 16.3 Å². The lowest BCUT2D eigenvalue weighted by Crippen LogP contribution is -2.52. The fraction of sp³-hybridized carbons (Fsp3) is 0.615. The molecule has 2 atom stereocenters. The Bertz CT molecular complexity index is 524. The standard InChI is InChI=1S/C13H19ClN2O3S/c1-11-10-19-13(8-14)9-16(11)20(17,18)7-4-12-2-5-15-6-3-12/h2-3,5-6,11,13H,4,7-10H2,1H3. The number of aromatic nitrogens is 1. The van der Waals surface area contributed by atoms with Crippen molar-refractivity contribution in [3.05, 3.63) is 30.1 Å². The van der Waals surface area contributed by atoms with Crippen LogP contribution < -0.4 is 0 Å². The smallest absolute Gasteiger partial charge is 0.214 e. The summed E-state index contributed by atoms with van der Waals surface area (Å²) in [6, 6.07) is 3.52. The summed E-state index contributed by atoms with van der Waals surface area (Å²) in [4.78, 5) is 3.92. The summed E-state index contributed by atoms with van der Waals surface area (Å²) in [5.41, 5.74) is 0.971. The Balaban J connectivity index is 2.01. The SMILES string of the molecule is CC1COC(CCl)CN1S(=O)(=O)CCc1ccncc1. The molecule has 1 aliphatic rings. The van der Waals surface area contributed by atoms with Crippen molar-refractivity contribution < 1.29 is 13.2 Å². The van der Waals surface area contributed by atoms with Gasteiger partial charge in [-0.2, -0.15) is 4.31 Å². The van der Waals surface area contributed by atoms with Crippen molar-refractivity contribution in [3.8, 4) is 0 Å². The minimum atomic E-state index is -3.30. The van der Waals surface area contributed by atoms with Crippen LogP contribution in [0.3, 0.4) is 0 Å². The van der Waals surface area contributed by atoms with E-state index in [1.165, 1.54) is 4.31 Å². The lowest BCUT2D eigenvalue weighted by atomic mass is 10.2. The van der Waals surface area contributed by atoms with Crippen LogP contribution >= 0.6 is 11.6 Å². The second kappa shape index (κ2) is 6.85. The first-order valence-electron chi connectivity index (χ1n) is 6.59. The van der Waals surface area contributed by atoms with Crippen molar-refractivity contribution in [3.63, 3.8) is 0 Å². The predicted molar refractivity (Wildman–Crippen MR) is 78.4 cm³/mol. The van der Waals surface area contributed by atoms with Crippen LogP contribution in [0.25, 0.3) is 0 Å². The molecule has 0 radical (unpaired) electrons. The number of pyridine rings is 1. The zero-order chi connectivity index (χ0) is 14.6. The highest BCUT2D eigenvalue weighted by atomic mass is 35.5. The van der Waals surface area contributed by atoms with Gasteiger partial charge < -0.3 is 4.74 Å². The summed E-state index contributed by atoms with van der Waals surface area (Å²) in [5.74, 6) is 0.402. The van der Waals surface area contributed by atoms with Gasteiger partial charge in [-0.3, -0.25) is 4.98 Å². The Morgan fingerprint density at radius 1 is 1.45 bits per heavy atom. The molecule has 2 heterocycles. The lowest BCUT2D eigenvalue weighted by molar-refractivity contribution is -0.0151. The third-order valence-electron chi connectivity index (χ3n) is 3.38. The monoisotopic (exact) mass is 318 g/mol. The van der Waals surface area contributed by atoms with E-state index in [0.717, 1.165) is 5.56 Å². The number of nitrogens with zero attached hydrogens (tertiary/aromatic N) is 2. The molecule has 1 aromatic rings. The van der Waals surface area contributed by atoms with E-state index in [-0.39, 0.29) is 17.9 Å². The van der Waals surface area contributed by atoms with Crippen molar-refractivity contribution in [2.24, 2.45) is 0 Å². The molecule has 0 aliphatic carbocycles. The van der Waals surface area contributed by atoms with E-state index in [1.807, 2.05) is 19.1 Å². The Hall–Kier alpha value is -0.690. The second-order valence-electron chi connectivity index (χ2n) is 4.95. The van der Waals surface area contributed by atoms with E-state index in [0.29, 0.717) is 25.5 Å². The van der Waals surface area contributed by atoms with Gasteiger partial charge in [0.25, 0.3) is 0 Å². The van der Waals surface area contributed by atoms with Crippen molar-refractivity contribution >= 4 is 21.6 Å². The molecule has 0 amide bonds. The van der Waals surface area contributed by atoms with Gasteiger partial charge >= 0.3 is 0 Å². The van der Waals surface area contributed by atoms with Crippen LogP contribution in [0.4, 0.5) is 0 Å². The maximum atomic E-state index is 12.4. The molecule has 0 saturated carbocycles. The number of hydrogen-bond donors (Lipinski definition) is 0. The third-order valence-corrected chi connectivity index (χ3v) is 5.66. The van der Waals surface area contributed by atoms with E-state index < -0.39 is 10.0 Å². The van der Waals surface area contributed by atoms with Crippen molar-refractivity contribution in [1.29, 1.82) is 0 Å². The van der Waals surface area contributed by atoms with Crippen LogP contribution in [0.15, 0.2) is 24.5 Å². The fourth-order valence-electron chi connectivity index (χ4n) is 2.19. The van der Waals surface area contributed by atoms with Gasteiger partial charge in [-0.15, -0.1) is 11.6 Å². The van der Waals surface area contributed by atoms with Gasteiger partial charge in [-0.1, -0.05) is 0 Å². The molecular formula is C13H19ClN2O3S. The van der Waals surface area contributed by atoms with E-state index in [9.17, 15) is 8.42 Å². The van der Waals surface area contributed by atoms with Crippen LogP contribution in [0.1, 0.15) is 12.5 Å². The average Bonchev–Trinajstić information content (AvgIpc) is 2.47. The van der Waals surface area contributed by atoms with Crippen LogP contribution in [0.2, 0.25) is 0 Å². The van der Waals surface area contributed by atoms with Gasteiger partial charge in [-0.05, 0) is 31.0 Å². The summed E-state index contributed by atoms with van der Waals surface area (Å²) in [6.07, 6.45) is 3.61. The normalized spacial score (nSPS) is 24.7. The first-order valence-corrected chi connectivity index (χ1v) is 8.73. The molecule has 5 nitrogen and oxygen atoms in total. The topological polar surface area (TPSA) is 59.5 Å². The highest BCUT2D eigenvalue weighted by molar-refractivity contribution is 7.89. The molecule has 0 N–H and O–H groups in total. The van der Waals surface area contributed by atoms with Gasteiger partial charge in [0.2, 0.25) is 10.0 Å². The molecule has 2 rings (SSSR count). The molecule has 0 aromatic carbocycles. The van der Waals surface area contributed by atoms with Crippen LogP contribution in [-0.4, -0.2) is 54.6 Å². The molecule has 0 bridgehead atoms. The molecule has 0 spiro atoms. The summed E-state index contributed by atoms with van der Waals surface area (Å²) >= 11 is 5.76. The van der Waals surface area contributed by atoms with Crippen molar-refractivity contribution in [2.75, 3.05) is 24.8 Å². The molecule has 1 fully saturated rings. The highest BCUT2D eigenvalue weighted by Crippen LogP contribution is 2.18. The van der Waals surface area contributed by atoms with Gasteiger partial charge in [0.05, 0.1) is 18.5 Å². The minimum Gasteiger partial charge on any atom is -0.374 e. The van der Waals surface area contributed by atoms with Crippen LogP contribution in [0.5, 0.6) is 0 Å². The van der Waals surface area contributed by atoms with Gasteiger partial charge in [0.1, 0.15) is 0 Å². The average molecular weight is 319 g/mol. The maximum absolute atomic E-state index is 12.4. The summed E-state index contributed by atoms with van der Waals surface area (Å²) in [7, 11) is -3.30. The molecular weight excluding hydrogens is 300 g/mol. The quantitative estimate of drug-likeness (QED) is 0.767. The fourth-order valence-corrected chi connectivity index (χ4v) is 4.10. The lowest BCUT2D eigenvalue weighted by Gasteiger charge is -2.36. The maximum Gasteiger partial charge on any atom is 0.214 e. The number of aryl methyl sites for hydroxylation is 1. The number of ether oxygens (including phenoxy) is 1. The molecule has 2 unspecified atom stereocenters. The zero-order valence-electron chi connectivity index (χ0n) is 11.4. The largest absolute Gasteiger partial charge is 0.374 e. The Labute approximate surface area is 125 Å².